The molecule has 20 heavy (non-hydrogen) atoms. The van der Waals surface area contributed by atoms with Crippen LogP contribution in [-0.2, 0) is 4.74 Å². The van der Waals surface area contributed by atoms with Crippen LogP contribution in [0, 0.1) is 10.1 Å². The summed E-state index contributed by atoms with van der Waals surface area (Å²) in [7, 11) is 0. The van der Waals surface area contributed by atoms with Crippen LogP contribution in [0.25, 0.3) is 0 Å². The molecule has 1 saturated carbocycles. The van der Waals surface area contributed by atoms with Crippen molar-refractivity contribution in [3.8, 4) is 0 Å². The molecule has 0 aliphatic heterocycles. The molecule has 7 heteroatoms. The number of ether oxygens (including phenoxy) is 1. The highest BCUT2D eigenvalue weighted by molar-refractivity contribution is 5.85. The number of rotatable bonds is 3. The van der Waals surface area contributed by atoms with Crippen LogP contribution < -0.4 is 11.1 Å². The Labute approximate surface area is 116 Å². The van der Waals surface area contributed by atoms with Crippen molar-refractivity contribution in [1.82, 2.24) is 0 Å². The lowest BCUT2D eigenvalue weighted by Crippen LogP contribution is -2.34. The Kier molecular flexibility index (Phi) is 4.52. The molecule has 1 aromatic carbocycles. The zero-order chi connectivity index (χ0) is 14.5. The molecule has 0 aromatic heterocycles. The van der Waals surface area contributed by atoms with Crippen molar-refractivity contribution in [2.24, 2.45) is 5.73 Å². The van der Waals surface area contributed by atoms with Gasteiger partial charge in [-0.2, -0.15) is 0 Å². The van der Waals surface area contributed by atoms with Crippen LogP contribution in [0.15, 0.2) is 24.3 Å². The Morgan fingerprint density at radius 3 is 2.95 bits per heavy atom. The van der Waals surface area contributed by atoms with E-state index in [0.717, 1.165) is 19.3 Å². The molecule has 1 aliphatic carbocycles. The fourth-order valence-electron chi connectivity index (χ4n) is 2.28. The van der Waals surface area contributed by atoms with Crippen molar-refractivity contribution in [3.05, 3.63) is 34.4 Å². The van der Waals surface area contributed by atoms with Gasteiger partial charge in [0.2, 0.25) is 0 Å². The van der Waals surface area contributed by atoms with Crippen LogP contribution in [0.2, 0.25) is 0 Å². The second kappa shape index (κ2) is 6.33. The lowest BCUT2D eigenvalue weighted by Gasteiger charge is -2.26. The first kappa shape index (κ1) is 14.3. The molecular weight excluding hydrogens is 262 g/mol. The van der Waals surface area contributed by atoms with E-state index in [1.54, 1.807) is 6.07 Å². The molecule has 2 unspecified atom stereocenters. The first-order valence-electron chi connectivity index (χ1n) is 6.52. The van der Waals surface area contributed by atoms with Crippen LogP contribution in [0.4, 0.5) is 16.2 Å². The number of benzene rings is 1. The van der Waals surface area contributed by atoms with Crippen molar-refractivity contribution in [3.63, 3.8) is 0 Å². The van der Waals surface area contributed by atoms with Gasteiger partial charge in [0.25, 0.3) is 5.69 Å². The predicted molar refractivity (Wildman–Crippen MR) is 73.4 cm³/mol. The van der Waals surface area contributed by atoms with Crippen molar-refractivity contribution >= 4 is 17.5 Å². The predicted octanol–water partition coefficient (Wildman–Crippen LogP) is 2.41. The molecule has 1 aromatic rings. The molecular formula is C13H17N3O4. The standard InChI is InChI=1S/C13H17N3O4/c14-9-3-1-6-12(7-9)20-13(17)15-10-4-2-5-11(8-10)16(18)19/h2,4-5,8-9,12H,1,3,6-7,14H2,(H,15,17). The SMILES string of the molecule is NC1CCCC(OC(=O)Nc2cccc([N+](=O)[O-])c2)C1. The van der Waals surface area contributed by atoms with E-state index in [2.05, 4.69) is 5.32 Å². The Balaban J connectivity index is 1.91. The van der Waals surface area contributed by atoms with Crippen molar-refractivity contribution in [1.29, 1.82) is 0 Å². The van der Waals surface area contributed by atoms with E-state index >= 15 is 0 Å². The van der Waals surface area contributed by atoms with E-state index in [-0.39, 0.29) is 17.8 Å². The van der Waals surface area contributed by atoms with E-state index in [4.69, 9.17) is 10.5 Å². The Morgan fingerprint density at radius 2 is 2.25 bits per heavy atom. The topological polar surface area (TPSA) is 107 Å². The van der Waals surface area contributed by atoms with Gasteiger partial charge in [0.1, 0.15) is 6.10 Å². The van der Waals surface area contributed by atoms with Crippen LogP contribution in [0.3, 0.4) is 0 Å². The first-order chi connectivity index (χ1) is 9.54. The lowest BCUT2D eigenvalue weighted by molar-refractivity contribution is -0.384. The molecule has 1 fully saturated rings. The summed E-state index contributed by atoms with van der Waals surface area (Å²) in [5.41, 5.74) is 6.08. The smallest absolute Gasteiger partial charge is 0.411 e. The molecule has 1 amide bonds. The van der Waals surface area contributed by atoms with E-state index in [0.29, 0.717) is 12.1 Å². The molecule has 2 rings (SSSR count). The van der Waals surface area contributed by atoms with Gasteiger partial charge < -0.3 is 10.5 Å². The van der Waals surface area contributed by atoms with Gasteiger partial charge >= 0.3 is 6.09 Å². The van der Waals surface area contributed by atoms with E-state index < -0.39 is 11.0 Å². The monoisotopic (exact) mass is 279 g/mol. The van der Waals surface area contributed by atoms with Gasteiger partial charge in [-0.1, -0.05) is 6.07 Å². The number of anilines is 1. The summed E-state index contributed by atoms with van der Waals surface area (Å²) in [6.45, 7) is 0. The molecule has 7 nitrogen and oxygen atoms in total. The molecule has 1 aliphatic rings. The number of nitro benzene ring substituents is 1. The number of hydrogen-bond donors (Lipinski definition) is 2. The maximum absolute atomic E-state index is 11.7. The first-order valence-corrected chi connectivity index (χ1v) is 6.52. The molecule has 3 N–H and O–H groups in total. The van der Waals surface area contributed by atoms with Gasteiger partial charge in [-0.05, 0) is 31.7 Å². The average Bonchev–Trinajstić information content (AvgIpc) is 2.38. The van der Waals surface area contributed by atoms with E-state index in [1.165, 1.54) is 18.2 Å². The average molecular weight is 279 g/mol. The largest absolute Gasteiger partial charge is 0.446 e. The highest BCUT2D eigenvalue weighted by atomic mass is 16.6. The van der Waals surface area contributed by atoms with Gasteiger partial charge in [0.15, 0.2) is 0 Å². The van der Waals surface area contributed by atoms with Crippen molar-refractivity contribution < 1.29 is 14.5 Å². The minimum absolute atomic E-state index is 0.0689. The number of amides is 1. The van der Waals surface area contributed by atoms with Crippen LogP contribution in [0.1, 0.15) is 25.7 Å². The number of nitrogens with one attached hydrogen (secondary N) is 1. The van der Waals surface area contributed by atoms with Crippen molar-refractivity contribution in [2.75, 3.05) is 5.32 Å². The number of non-ortho nitro benzene ring substituents is 1. The normalized spacial score (nSPS) is 22.1. The summed E-state index contributed by atoms with van der Waals surface area (Å²) in [6.07, 6.45) is 2.56. The summed E-state index contributed by atoms with van der Waals surface area (Å²) in [5, 5.41) is 13.1. The third kappa shape index (κ3) is 3.92. The van der Waals surface area contributed by atoms with Gasteiger partial charge in [-0.25, -0.2) is 4.79 Å². The van der Waals surface area contributed by atoms with Crippen molar-refractivity contribution in [2.45, 2.75) is 37.8 Å². The Morgan fingerprint density at radius 1 is 1.45 bits per heavy atom. The second-order valence-corrected chi connectivity index (χ2v) is 4.89. The van der Waals surface area contributed by atoms with Gasteiger partial charge in [0, 0.05) is 18.2 Å². The molecule has 108 valence electrons. The van der Waals surface area contributed by atoms with E-state index in [9.17, 15) is 14.9 Å². The Hall–Kier alpha value is -2.15. The van der Waals surface area contributed by atoms with Crippen LogP contribution >= 0.6 is 0 Å². The van der Waals surface area contributed by atoms with Gasteiger partial charge in [-0.3, -0.25) is 15.4 Å². The molecule has 0 radical (unpaired) electrons. The fourth-order valence-corrected chi connectivity index (χ4v) is 2.28. The van der Waals surface area contributed by atoms with E-state index in [1.807, 2.05) is 0 Å². The zero-order valence-electron chi connectivity index (χ0n) is 11.0. The fraction of sp³-hybridized carbons (Fsp3) is 0.462. The minimum Gasteiger partial charge on any atom is -0.446 e. The maximum atomic E-state index is 11.7. The molecule has 0 saturated heterocycles. The molecule has 2 atom stereocenters. The number of nitrogens with two attached hydrogens (primary N) is 1. The number of carbonyl (C=O) groups is 1. The number of hydrogen-bond acceptors (Lipinski definition) is 5. The summed E-state index contributed by atoms with van der Waals surface area (Å²) >= 11 is 0. The zero-order valence-corrected chi connectivity index (χ0v) is 11.0. The maximum Gasteiger partial charge on any atom is 0.411 e. The summed E-state index contributed by atoms with van der Waals surface area (Å²) in [4.78, 5) is 21.8. The molecule has 0 bridgehead atoms. The summed E-state index contributed by atoms with van der Waals surface area (Å²) in [6, 6.07) is 5.79. The lowest BCUT2D eigenvalue weighted by atomic mass is 9.94. The Bertz CT molecular complexity index is 506. The van der Waals surface area contributed by atoms with Crippen LogP contribution in [-0.4, -0.2) is 23.2 Å². The third-order valence-corrected chi connectivity index (χ3v) is 3.24. The summed E-state index contributed by atoms with van der Waals surface area (Å²) < 4.78 is 5.27. The number of nitrogens with zero attached hydrogens (tertiary/aromatic N) is 1. The molecule has 0 heterocycles. The minimum atomic E-state index is -0.607. The van der Waals surface area contributed by atoms with Crippen LogP contribution in [0.5, 0.6) is 0 Å². The molecule has 0 spiro atoms. The second-order valence-electron chi connectivity index (χ2n) is 4.89. The van der Waals surface area contributed by atoms with Gasteiger partial charge in [0.05, 0.1) is 10.6 Å². The highest BCUT2D eigenvalue weighted by Gasteiger charge is 2.22. The summed E-state index contributed by atoms with van der Waals surface area (Å²) in [5.74, 6) is 0. The quantitative estimate of drug-likeness (QED) is 0.652. The van der Waals surface area contributed by atoms with Gasteiger partial charge in [-0.15, -0.1) is 0 Å². The number of nitro groups is 1. The number of carbonyl (C=O) groups excluding carboxylic acids is 1. The highest BCUT2D eigenvalue weighted by Crippen LogP contribution is 2.21. The third-order valence-electron chi connectivity index (χ3n) is 3.24.